The molecule has 2 rings (SSSR count). The highest BCUT2D eigenvalue weighted by molar-refractivity contribution is 5.97. The fraction of sp³-hybridized carbons (Fsp3) is 0.625. The molecular formula is C16H25N3O3. The molecule has 1 fully saturated rings. The van der Waals surface area contributed by atoms with Crippen LogP contribution in [0.1, 0.15) is 43.5 Å². The number of hydrogen-bond acceptors (Lipinski definition) is 4. The molecule has 22 heavy (non-hydrogen) atoms. The van der Waals surface area contributed by atoms with E-state index in [2.05, 4.69) is 22.5 Å². The number of furan rings is 1. The van der Waals surface area contributed by atoms with Gasteiger partial charge >= 0.3 is 0 Å². The number of likely N-dealkylation sites (tertiary alicyclic amines) is 1. The summed E-state index contributed by atoms with van der Waals surface area (Å²) in [4.78, 5) is 26.5. The summed E-state index contributed by atoms with van der Waals surface area (Å²) in [6.07, 6.45) is 6.15. The summed E-state index contributed by atoms with van der Waals surface area (Å²) in [5, 5.41) is 5.71. The Morgan fingerprint density at radius 2 is 2.05 bits per heavy atom. The zero-order valence-electron chi connectivity index (χ0n) is 13.3. The van der Waals surface area contributed by atoms with E-state index in [1.165, 1.54) is 25.4 Å². The number of rotatable bonds is 7. The minimum atomic E-state index is -0.574. The Morgan fingerprint density at radius 1 is 1.32 bits per heavy atom. The van der Waals surface area contributed by atoms with Crippen molar-refractivity contribution in [2.75, 3.05) is 19.6 Å². The normalized spacial score (nSPS) is 17.9. The maximum absolute atomic E-state index is 12.2. The first-order chi connectivity index (χ1) is 10.6. The van der Waals surface area contributed by atoms with Gasteiger partial charge in [0.15, 0.2) is 0 Å². The number of hydrogen-bond donors (Lipinski definition) is 2. The largest absolute Gasteiger partial charge is 0.472 e. The molecule has 0 unspecified atom stereocenters. The molecule has 0 aliphatic carbocycles. The van der Waals surface area contributed by atoms with Gasteiger partial charge in [-0.05, 0) is 45.3 Å². The average molecular weight is 307 g/mol. The van der Waals surface area contributed by atoms with Crippen molar-refractivity contribution in [3.63, 3.8) is 0 Å². The van der Waals surface area contributed by atoms with Gasteiger partial charge in [-0.15, -0.1) is 0 Å². The lowest BCUT2D eigenvalue weighted by Gasteiger charge is -2.25. The summed E-state index contributed by atoms with van der Waals surface area (Å²) < 4.78 is 4.87. The summed E-state index contributed by atoms with van der Waals surface area (Å²) in [7, 11) is 0. The van der Waals surface area contributed by atoms with E-state index in [1.807, 2.05) is 0 Å². The zero-order chi connectivity index (χ0) is 15.9. The molecule has 2 heterocycles. The second-order valence-electron chi connectivity index (χ2n) is 5.83. The fourth-order valence-electron chi connectivity index (χ4n) is 2.62. The quantitative estimate of drug-likeness (QED) is 0.798. The van der Waals surface area contributed by atoms with Gasteiger partial charge in [0.25, 0.3) is 5.91 Å². The molecule has 1 aliphatic heterocycles. The molecule has 0 saturated carbocycles. The van der Waals surface area contributed by atoms with Crippen LogP contribution < -0.4 is 10.6 Å². The topological polar surface area (TPSA) is 74.6 Å². The van der Waals surface area contributed by atoms with Crippen LogP contribution in [-0.4, -0.2) is 48.4 Å². The summed E-state index contributed by atoms with van der Waals surface area (Å²) in [6, 6.07) is 1.12. The second kappa shape index (κ2) is 7.98. The monoisotopic (exact) mass is 307 g/mol. The lowest BCUT2D eigenvalue weighted by atomic mass is 10.2. The third-order valence-electron chi connectivity index (χ3n) is 4.04. The van der Waals surface area contributed by atoms with E-state index >= 15 is 0 Å². The molecule has 2 amide bonds. The van der Waals surface area contributed by atoms with Crippen molar-refractivity contribution >= 4 is 11.8 Å². The standard InChI is InChI=1S/C16H25N3O3/c1-3-14(10-19-7-4-5-8-19)18-15(20)12(2)17-16(21)13-6-9-22-11-13/h6,9,11-12,14H,3-5,7-8,10H2,1-2H3,(H,17,21)(H,18,20)/t12-,14-/m1/s1. The minimum absolute atomic E-state index is 0.124. The Hall–Kier alpha value is -1.82. The lowest BCUT2D eigenvalue weighted by molar-refractivity contribution is -0.123. The van der Waals surface area contributed by atoms with E-state index in [0.29, 0.717) is 5.56 Å². The highest BCUT2D eigenvalue weighted by Gasteiger charge is 2.22. The first kappa shape index (κ1) is 16.5. The van der Waals surface area contributed by atoms with Crippen LogP contribution >= 0.6 is 0 Å². The zero-order valence-corrected chi connectivity index (χ0v) is 13.3. The van der Waals surface area contributed by atoms with Gasteiger partial charge in [-0.3, -0.25) is 9.59 Å². The van der Waals surface area contributed by atoms with Gasteiger partial charge in [-0.1, -0.05) is 6.92 Å². The van der Waals surface area contributed by atoms with Crippen LogP contribution in [0.2, 0.25) is 0 Å². The fourth-order valence-corrected chi connectivity index (χ4v) is 2.62. The summed E-state index contributed by atoms with van der Waals surface area (Å²) in [5.74, 6) is -0.452. The smallest absolute Gasteiger partial charge is 0.255 e. The number of nitrogens with zero attached hydrogens (tertiary/aromatic N) is 1. The summed E-state index contributed by atoms with van der Waals surface area (Å²) >= 11 is 0. The Morgan fingerprint density at radius 3 is 2.64 bits per heavy atom. The second-order valence-corrected chi connectivity index (χ2v) is 5.83. The third kappa shape index (κ3) is 4.59. The summed E-state index contributed by atoms with van der Waals surface area (Å²) in [5.41, 5.74) is 0.420. The maximum atomic E-state index is 12.2. The van der Waals surface area contributed by atoms with Crippen LogP contribution in [-0.2, 0) is 4.79 Å². The molecule has 0 bridgehead atoms. The molecular weight excluding hydrogens is 282 g/mol. The Balaban J connectivity index is 1.80. The van der Waals surface area contributed by atoms with Crippen LogP contribution in [0.25, 0.3) is 0 Å². The van der Waals surface area contributed by atoms with Gasteiger partial charge in [0.1, 0.15) is 12.3 Å². The van der Waals surface area contributed by atoms with Crippen molar-refractivity contribution in [1.82, 2.24) is 15.5 Å². The third-order valence-corrected chi connectivity index (χ3v) is 4.04. The van der Waals surface area contributed by atoms with Crippen molar-refractivity contribution in [3.8, 4) is 0 Å². The number of carbonyl (C=O) groups excluding carboxylic acids is 2. The Bertz CT molecular complexity index is 481. The Labute approximate surface area is 131 Å². The molecule has 1 aliphatic rings. The van der Waals surface area contributed by atoms with E-state index in [1.54, 1.807) is 13.0 Å². The van der Waals surface area contributed by atoms with Crippen molar-refractivity contribution in [2.24, 2.45) is 0 Å². The average Bonchev–Trinajstić information content (AvgIpc) is 3.19. The lowest BCUT2D eigenvalue weighted by Crippen LogP contribution is -2.50. The molecule has 6 nitrogen and oxygen atoms in total. The van der Waals surface area contributed by atoms with E-state index in [9.17, 15) is 9.59 Å². The van der Waals surface area contributed by atoms with E-state index < -0.39 is 6.04 Å². The van der Waals surface area contributed by atoms with Crippen molar-refractivity contribution in [2.45, 2.75) is 45.2 Å². The van der Waals surface area contributed by atoms with Gasteiger partial charge in [-0.25, -0.2) is 0 Å². The van der Waals surface area contributed by atoms with Crippen LogP contribution in [0.3, 0.4) is 0 Å². The predicted molar refractivity (Wildman–Crippen MR) is 83.5 cm³/mol. The first-order valence-corrected chi connectivity index (χ1v) is 7.96. The van der Waals surface area contributed by atoms with Gasteiger partial charge in [-0.2, -0.15) is 0 Å². The summed E-state index contributed by atoms with van der Waals surface area (Å²) in [6.45, 7) is 6.86. The molecule has 2 atom stereocenters. The van der Waals surface area contributed by atoms with Crippen molar-refractivity contribution < 1.29 is 14.0 Å². The number of amides is 2. The number of carbonyl (C=O) groups is 2. The number of nitrogens with one attached hydrogen (secondary N) is 2. The highest BCUT2D eigenvalue weighted by Crippen LogP contribution is 2.09. The molecule has 1 saturated heterocycles. The Kier molecular flexibility index (Phi) is 6.00. The van der Waals surface area contributed by atoms with Gasteiger partial charge in [0, 0.05) is 12.6 Å². The molecule has 0 radical (unpaired) electrons. The predicted octanol–water partition coefficient (Wildman–Crippen LogP) is 1.39. The molecule has 1 aromatic rings. The van der Waals surface area contributed by atoms with Crippen molar-refractivity contribution in [1.29, 1.82) is 0 Å². The van der Waals surface area contributed by atoms with E-state index in [0.717, 1.165) is 26.1 Å². The minimum Gasteiger partial charge on any atom is -0.472 e. The highest BCUT2D eigenvalue weighted by atomic mass is 16.3. The van der Waals surface area contributed by atoms with Gasteiger partial charge in [0.2, 0.25) is 5.91 Å². The van der Waals surface area contributed by atoms with Crippen LogP contribution in [0.5, 0.6) is 0 Å². The van der Waals surface area contributed by atoms with Crippen LogP contribution in [0, 0.1) is 0 Å². The maximum Gasteiger partial charge on any atom is 0.255 e. The van der Waals surface area contributed by atoms with Gasteiger partial charge in [0.05, 0.1) is 11.8 Å². The molecule has 122 valence electrons. The molecule has 2 N–H and O–H groups in total. The van der Waals surface area contributed by atoms with Crippen LogP contribution in [0.4, 0.5) is 0 Å². The molecule has 0 spiro atoms. The van der Waals surface area contributed by atoms with Crippen LogP contribution in [0.15, 0.2) is 23.0 Å². The SMILES string of the molecule is CC[C@H](CN1CCCC1)NC(=O)[C@@H](C)NC(=O)c1ccoc1. The van der Waals surface area contributed by atoms with E-state index in [4.69, 9.17) is 4.42 Å². The van der Waals surface area contributed by atoms with Gasteiger partial charge < -0.3 is 20.0 Å². The first-order valence-electron chi connectivity index (χ1n) is 7.96. The molecule has 0 aromatic carbocycles. The van der Waals surface area contributed by atoms with Crippen molar-refractivity contribution in [3.05, 3.63) is 24.2 Å². The van der Waals surface area contributed by atoms with E-state index in [-0.39, 0.29) is 17.9 Å². The molecule has 1 aromatic heterocycles. The molecule has 6 heteroatoms.